The van der Waals surface area contributed by atoms with E-state index in [1.54, 1.807) is 12.1 Å². The second kappa shape index (κ2) is 7.67. The number of hydrogen-bond acceptors (Lipinski definition) is 3. The van der Waals surface area contributed by atoms with Crippen molar-refractivity contribution in [3.63, 3.8) is 0 Å². The highest BCUT2D eigenvalue weighted by molar-refractivity contribution is 5.74. The molecule has 0 unspecified atom stereocenters. The molecule has 0 aliphatic carbocycles. The third-order valence-electron chi connectivity index (χ3n) is 4.09. The summed E-state index contributed by atoms with van der Waals surface area (Å²) >= 11 is 0. The average molecular weight is 332 g/mol. The van der Waals surface area contributed by atoms with Crippen LogP contribution >= 0.6 is 0 Å². The zero-order chi connectivity index (χ0) is 17.6. The van der Waals surface area contributed by atoms with Gasteiger partial charge in [-0.25, -0.2) is 4.79 Å². The number of carbonyl (C=O) groups excluding carboxylic acids is 1. The topological polar surface area (TPSA) is 35.5 Å². The lowest BCUT2D eigenvalue weighted by Crippen LogP contribution is -2.18. The molecule has 3 aromatic rings. The lowest BCUT2D eigenvalue weighted by molar-refractivity contribution is -0.136. The zero-order valence-corrected chi connectivity index (χ0v) is 14.4. The SMILES string of the molecule is Cc1cccc(OCC(=O)Oc2ccc(-c3ccccc3)cc2)c1C. The van der Waals surface area contributed by atoms with E-state index in [1.165, 1.54) is 0 Å². The van der Waals surface area contributed by atoms with Gasteiger partial charge in [-0.2, -0.15) is 0 Å². The minimum Gasteiger partial charge on any atom is -0.482 e. The molecule has 0 saturated carbocycles. The Morgan fingerprint density at radius 3 is 2.20 bits per heavy atom. The lowest BCUT2D eigenvalue weighted by atomic mass is 10.1. The van der Waals surface area contributed by atoms with Crippen LogP contribution in [0.25, 0.3) is 11.1 Å². The second-order valence-electron chi connectivity index (χ2n) is 5.85. The first-order chi connectivity index (χ1) is 12.1. The summed E-state index contributed by atoms with van der Waals surface area (Å²) in [5.74, 6) is 0.791. The van der Waals surface area contributed by atoms with Crippen molar-refractivity contribution in [2.75, 3.05) is 6.61 Å². The van der Waals surface area contributed by atoms with E-state index in [9.17, 15) is 4.79 Å². The van der Waals surface area contributed by atoms with Crippen molar-refractivity contribution in [1.82, 2.24) is 0 Å². The van der Waals surface area contributed by atoms with Crippen LogP contribution in [-0.2, 0) is 4.79 Å². The Hall–Kier alpha value is -3.07. The minimum absolute atomic E-state index is 0.120. The van der Waals surface area contributed by atoms with Crippen LogP contribution in [0, 0.1) is 13.8 Å². The number of aryl methyl sites for hydroxylation is 1. The number of hydrogen-bond donors (Lipinski definition) is 0. The van der Waals surface area contributed by atoms with Crippen molar-refractivity contribution in [3.05, 3.63) is 83.9 Å². The molecule has 126 valence electrons. The molecule has 0 N–H and O–H groups in total. The van der Waals surface area contributed by atoms with Crippen molar-refractivity contribution < 1.29 is 14.3 Å². The van der Waals surface area contributed by atoms with E-state index >= 15 is 0 Å². The van der Waals surface area contributed by atoms with Crippen molar-refractivity contribution in [3.8, 4) is 22.6 Å². The van der Waals surface area contributed by atoms with Gasteiger partial charge >= 0.3 is 5.97 Å². The third kappa shape index (κ3) is 4.27. The van der Waals surface area contributed by atoms with E-state index in [-0.39, 0.29) is 6.61 Å². The third-order valence-corrected chi connectivity index (χ3v) is 4.09. The van der Waals surface area contributed by atoms with Gasteiger partial charge in [0.2, 0.25) is 0 Å². The van der Waals surface area contributed by atoms with Gasteiger partial charge in [-0.15, -0.1) is 0 Å². The first kappa shape index (κ1) is 16.8. The van der Waals surface area contributed by atoms with Crippen molar-refractivity contribution in [2.45, 2.75) is 13.8 Å². The first-order valence-corrected chi connectivity index (χ1v) is 8.18. The molecule has 0 radical (unpaired) electrons. The van der Waals surface area contributed by atoms with Crippen molar-refractivity contribution in [1.29, 1.82) is 0 Å². The van der Waals surface area contributed by atoms with Crippen molar-refractivity contribution in [2.24, 2.45) is 0 Å². The molecule has 0 atom stereocenters. The van der Waals surface area contributed by atoms with Crippen LogP contribution < -0.4 is 9.47 Å². The van der Waals surface area contributed by atoms with Crippen LogP contribution in [-0.4, -0.2) is 12.6 Å². The average Bonchev–Trinajstić information content (AvgIpc) is 2.64. The highest BCUT2D eigenvalue weighted by Gasteiger charge is 2.08. The molecule has 0 aliphatic heterocycles. The standard InChI is InChI=1S/C22H20O3/c1-16-7-6-10-21(17(16)2)24-15-22(23)25-20-13-11-19(12-14-20)18-8-4-3-5-9-18/h3-14H,15H2,1-2H3. The Balaban J connectivity index is 1.59. The molecule has 0 spiro atoms. The highest BCUT2D eigenvalue weighted by atomic mass is 16.6. The summed E-state index contributed by atoms with van der Waals surface area (Å²) in [6.45, 7) is 3.86. The lowest BCUT2D eigenvalue weighted by Gasteiger charge is -2.10. The number of ether oxygens (including phenoxy) is 2. The van der Waals surface area contributed by atoms with Crippen LogP contribution in [0.5, 0.6) is 11.5 Å². The summed E-state index contributed by atoms with van der Waals surface area (Å²) < 4.78 is 10.9. The molecule has 0 bridgehead atoms. The Kier molecular flexibility index (Phi) is 5.14. The molecule has 0 fully saturated rings. The number of esters is 1. The number of benzene rings is 3. The molecular weight excluding hydrogens is 312 g/mol. The summed E-state index contributed by atoms with van der Waals surface area (Å²) in [5, 5.41) is 0. The fraction of sp³-hybridized carbons (Fsp3) is 0.136. The number of carbonyl (C=O) groups is 1. The van der Waals surface area contributed by atoms with Crippen LogP contribution in [0.1, 0.15) is 11.1 Å². The van der Waals surface area contributed by atoms with Gasteiger partial charge < -0.3 is 9.47 Å². The Morgan fingerprint density at radius 2 is 1.48 bits per heavy atom. The van der Waals surface area contributed by atoms with Gasteiger partial charge in [0, 0.05) is 0 Å². The summed E-state index contributed by atoms with van der Waals surface area (Å²) in [4.78, 5) is 12.0. The molecule has 0 saturated heterocycles. The monoisotopic (exact) mass is 332 g/mol. The molecule has 3 rings (SSSR count). The first-order valence-electron chi connectivity index (χ1n) is 8.18. The second-order valence-corrected chi connectivity index (χ2v) is 5.85. The fourth-order valence-corrected chi connectivity index (χ4v) is 2.52. The summed E-state index contributed by atoms with van der Waals surface area (Å²) in [5.41, 5.74) is 4.36. The highest BCUT2D eigenvalue weighted by Crippen LogP contribution is 2.23. The maximum atomic E-state index is 12.0. The van der Waals surface area contributed by atoms with E-state index in [2.05, 4.69) is 0 Å². The van der Waals surface area contributed by atoms with E-state index in [0.717, 1.165) is 22.3 Å². The zero-order valence-electron chi connectivity index (χ0n) is 14.4. The molecular formula is C22H20O3. The van der Waals surface area contributed by atoms with Crippen LogP contribution in [0.4, 0.5) is 0 Å². The largest absolute Gasteiger partial charge is 0.482 e. The molecule has 0 heterocycles. The van der Waals surface area contributed by atoms with Gasteiger partial charge in [-0.3, -0.25) is 0 Å². The van der Waals surface area contributed by atoms with E-state index in [0.29, 0.717) is 11.5 Å². The maximum absolute atomic E-state index is 12.0. The van der Waals surface area contributed by atoms with Gasteiger partial charge in [-0.05, 0) is 54.3 Å². The van der Waals surface area contributed by atoms with Crippen molar-refractivity contribution >= 4 is 5.97 Å². The number of rotatable bonds is 5. The van der Waals surface area contributed by atoms with E-state index < -0.39 is 5.97 Å². The smallest absolute Gasteiger partial charge is 0.349 e. The summed E-state index contributed by atoms with van der Waals surface area (Å²) in [6, 6.07) is 23.3. The van der Waals surface area contributed by atoms with Crippen LogP contribution in [0.15, 0.2) is 72.8 Å². The molecule has 0 aromatic heterocycles. The maximum Gasteiger partial charge on any atom is 0.349 e. The summed E-state index contributed by atoms with van der Waals surface area (Å²) in [6.07, 6.45) is 0. The van der Waals surface area contributed by atoms with Gasteiger partial charge in [-0.1, -0.05) is 54.6 Å². The normalized spacial score (nSPS) is 10.3. The Bertz CT molecular complexity index is 852. The molecule has 25 heavy (non-hydrogen) atoms. The Labute approximate surface area is 147 Å². The molecule has 0 aliphatic rings. The predicted octanol–water partition coefficient (Wildman–Crippen LogP) is 4.95. The van der Waals surface area contributed by atoms with Gasteiger partial charge in [0.25, 0.3) is 0 Å². The summed E-state index contributed by atoms with van der Waals surface area (Å²) in [7, 11) is 0. The van der Waals surface area contributed by atoms with Crippen LogP contribution in [0.2, 0.25) is 0 Å². The van der Waals surface area contributed by atoms with E-state index in [1.807, 2.05) is 74.5 Å². The predicted molar refractivity (Wildman–Crippen MR) is 98.9 cm³/mol. The van der Waals surface area contributed by atoms with Gasteiger partial charge in [0.15, 0.2) is 6.61 Å². The van der Waals surface area contributed by atoms with E-state index in [4.69, 9.17) is 9.47 Å². The van der Waals surface area contributed by atoms with Gasteiger partial charge in [0.05, 0.1) is 0 Å². The molecule has 3 nitrogen and oxygen atoms in total. The molecule has 3 heteroatoms. The molecule has 0 amide bonds. The Morgan fingerprint density at radius 1 is 0.800 bits per heavy atom. The quantitative estimate of drug-likeness (QED) is 0.489. The van der Waals surface area contributed by atoms with Gasteiger partial charge in [0.1, 0.15) is 11.5 Å². The fourth-order valence-electron chi connectivity index (χ4n) is 2.52. The molecule has 3 aromatic carbocycles. The minimum atomic E-state index is -0.423. The van der Waals surface area contributed by atoms with Crippen LogP contribution in [0.3, 0.4) is 0 Å².